The molecular weight excluding hydrogens is 688 g/mol. The lowest BCUT2D eigenvalue weighted by Crippen LogP contribution is -2.52. The van der Waals surface area contributed by atoms with Crippen molar-refractivity contribution in [3.05, 3.63) is 24.3 Å². The monoisotopic (exact) mass is 730 g/mol. The predicted molar refractivity (Wildman–Crippen MR) is 179 cm³/mol. The summed E-state index contributed by atoms with van der Waals surface area (Å²) in [7, 11) is 0. The third kappa shape index (κ3) is 14.0. The van der Waals surface area contributed by atoms with Crippen molar-refractivity contribution in [1.82, 2.24) is 31.9 Å². The van der Waals surface area contributed by atoms with Gasteiger partial charge in [-0.15, -0.1) is 0 Å². The van der Waals surface area contributed by atoms with Crippen LogP contribution in [-0.4, -0.2) is 107 Å². The summed E-state index contributed by atoms with van der Waals surface area (Å²) in [6.07, 6.45) is -0.698. The molecule has 3 rings (SSSR count). The molecule has 8 amide bonds. The van der Waals surface area contributed by atoms with Crippen LogP contribution in [0.4, 0.5) is 11.4 Å². The Hall–Kier alpha value is -6.08. The van der Waals surface area contributed by atoms with E-state index in [4.69, 9.17) is 10.2 Å². The van der Waals surface area contributed by atoms with E-state index in [0.717, 1.165) is 0 Å². The number of benzene rings is 1. The molecule has 10 N–H and O–H groups in total. The maximum atomic E-state index is 12.7. The number of nitrogens with one attached hydrogen (secondary N) is 8. The van der Waals surface area contributed by atoms with Crippen molar-refractivity contribution in [2.75, 3.05) is 23.7 Å². The summed E-state index contributed by atoms with van der Waals surface area (Å²) in [4.78, 5) is 120. The zero-order valence-corrected chi connectivity index (χ0v) is 28.1. The van der Waals surface area contributed by atoms with Crippen LogP contribution >= 0.6 is 0 Å². The Morgan fingerprint density at radius 2 is 0.981 bits per heavy atom. The minimum absolute atomic E-state index is 0.125. The van der Waals surface area contributed by atoms with Gasteiger partial charge in [-0.3, -0.25) is 47.9 Å². The van der Waals surface area contributed by atoms with Crippen LogP contribution in [0.25, 0.3) is 0 Å². The summed E-state index contributed by atoms with van der Waals surface area (Å²) in [6.45, 7) is -0.249. The topological polar surface area (TPSA) is 307 Å². The number of carbonyl (C=O) groups is 10. The molecule has 20 nitrogen and oxygen atoms in total. The minimum Gasteiger partial charge on any atom is -0.481 e. The standard InChI is InChI=1S/C32H42N8O12/c41-23-9-5-21(37-23)31(51)39-19(7-11-27(45)46)29(49)33-15-13-25(43)35-17-1-2-18(4-3-17)36-26(44)14-16-34-30(50)20(8-12-28(47)48)40-32(52)22-6-10-24(42)38-22/h1-4,19-22H,5-16H2,(H,33,49)(H,34,50)(H,35,43)(H,36,44)(H,37,41)(H,38,42)(H,39,51)(H,40,52)(H,45,46)(H,47,48)/t19-,20-,21-,22-/m0/s1. The second kappa shape index (κ2) is 19.9. The fourth-order valence-corrected chi connectivity index (χ4v) is 5.17. The zero-order chi connectivity index (χ0) is 38.2. The molecule has 1 aromatic carbocycles. The van der Waals surface area contributed by atoms with Gasteiger partial charge in [0.15, 0.2) is 0 Å². The van der Waals surface area contributed by atoms with Crippen molar-refractivity contribution in [2.24, 2.45) is 0 Å². The fourth-order valence-electron chi connectivity index (χ4n) is 5.17. The molecule has 1 aromatic rings. The Balaban J connectivity index is 1.38. The first-order chi connectivity index (χ1) is 24.7. The van der Waals surface area contributed by atoms with E-state index in [9.17, 15) is 47.9 Å². The van der Waals surface area contributed by atoms with Gasteiger partial charge in [0.25, 0.3) is 0 Å². The van der Waals surface area contributed by atoms with Gasteiger partial charge in [-0.2, -0.15) is 0 Å². The van der Waals surface area contributed by atoms with Gasteiger partial charge in [0, 0.05) is 63.0 Å². The summed E-state index contributed by atoms with van der Waals surface area (Å²) in [5.74, 6) is -6.50. The number of carbonyl (C=O) groups excluding carboxylic acids is 8. The molecule has 20 heteroatoms. The predicted octanol–water partition coefficient (Wildman–Crippen LogP) is -2.17. The van der Waals surface area contributed by atoms with Crippen molar-refractivity contribution in [2.45, 2.75) is 88.4 Å². The first kappa shape index (κ1) is 40.4. The number of carboxylic acid groups (broad SMARTS) is 2. The molecule has 0 unspecified atom stereocenters. The lowest BCUT2D eigenvalue weighted by atomic mass is 10.1. The van der Waals surface area contributed by atoms with E-state index in [1.54, 1.807) is 0 Å². The number of amides is 8. The molecule has 0 aliphatic carbocycles. The maximum absolute atomic E-state index is 12.7. The van der Waals surface area contributed by atoms with E-state index >= 15 is 0 Å². The average molecular weight is 731 g/mol. The Labute approximate surface area is 297 Å². The van der Waals surface area contributed by atoms with Crippen LogP contribution in [0, 0.1) is 0 Å². The Morgan fingerprint density at radius 1 is 0.615 bits per heavy atom. The van der Waals surface area contributed by atoms with Crippen molar-refractivity contribution in [3.63, 3.8) is 0 Å². The van der Waals surface area contributed by atoms with Crippen molar-refractivity contribution in [1.29, 1.82) is 0 Å². The average Bonchev–Trinajstić information content (AvgIpc) is 3.73. The highest BCUT2D eigenvalue weighted by Crippen LogP contribution is 2.14. The minimum atomic E-state index is -1.19. The second-order valence-corrected chi connectivity index (χ2v) is 12.1. The van der Waals surface area contributed by atoms with Gasteiger partial charge in [0.05, 0.1) is 0 Å². The van der Waals surface area contributed by atoms with Gasteiger partial charge >= 0.3 is 11.9 Å². The highest BCUT2D eigenvalue weighted by atomic mass is 16.4. The summed E-state index contributed by atoms with van der Waals surface area (Å²) >= 11 is 0. The normalized spacial score (nSPS) is 17.4. The first-order valence-electron chi connectivity index (χ1n) is 16.6. The summed E-state index contributed by atoms with van der Waals surface area (Å²) in [5.41, 5.74) is 0.747. The van der Waals surface area contributed by atoms with Crippen molar-refractivity contribution >= 4 is 70.6 Å². The molecular formula is C32H42N8O12. The molecule has 0 bridgehead atoms. The molecule has 0 saturated carbocycles. The van der Waals surface area contributed by atoms with E-state index in [-0.39, 0.29) is 76.3 Å². The van der Waals surface area contributed by atoms with Crippen molar-refractivity contribution in [3.8, 4) is 0 Å². The SMILES string of the molecule is O=C(O)CC[C@H](NC(=O)[C@@H]1CCC(=O)N1)C(=O)NCCC(=O)Nc1ccc(NC(=O)CCNC(=O)[C@H](CCC(=O)O)NC(=O)[C@@H]2CCC(=O)N2)cc1. The summed E-state index contributed by atoms with van der Waals surface area (Å²) in [6, 6.07) is 2.02. The van der Waals surface area contributed by atoms with E-state index in [0.29, 0.717) is 11.4 Å². The zero-order valence-electron chi connectivity index (χ0n) is 28.1. The number of rotatable bonds is 20. The molecule has 0 radical (unpaired) electrons. The Kier molecular flexibility index (Phi) is 15.5. The molecule has 52 heavy (non-hydrogen) atoms. The smallest absolute Gasteiger partial charge is 0.303 e. The van der Waals surface area contributed by atoms with Gasteiger partial charge in [0.2, 0.25) is 47.3 Å². The third-order valence-corrected chi connectivity index (χ3v) is 7.94. The highest BCUT2D eigenvalue weighted by molar-refractivity contribution is 5.96. The second-order valence-electron chi connectivity index (χ2n) is 12.1. The first-order valence-corrected chi connectivity index (χ1v) is 16.6. The molecule has 2 saturated heterocycles. The number of hydrogen-bond donors (Lipinski definition) is 10. The van der Waals surface area contributed by atoms with E-state index < -0.39 is 84.4 Å². The number of hydrogen-bond acceptors (Lipinski definition) is 10. The lowest BCUT2D eigenvalue weighted by molar-refractivity contribution is -0.139. The van der Waals surface area contributed by atoms with Gasteiger partial charge in [0.1, 0.15) is 24.2 Å². The van der Waals surface area contributed by atoms with Crippen LogP contribution in [0.3, 0.4) is 0 Å². The highest BCUT2D eigenvalue weighted by Gasteiger charge is 2.32. The molecule has 2 heterocycles. The van der Waals surface area contributed by atoms with Gasteiger partial charge < -0.3 is 52.7 Å². The molecule has 2 fully saturated rings. The van der Waals surface area contributed by atoms with E-state index in [1.165, 1.54) is 24.3 Å². The van der Waals surface area contributed by atoms with Gasteiger partial charge in [-0.05, 0) is 49.9 Å². The van der Waals surface area contributed by atoms with Crippen LogP contribution in [0.15, 0.2) is 24.3 Å². The number of aliphatic carboxylic acids is 2. The third-order valence-electron chi connectivity index (χ3n) is 7.94. The number of anilines is 2. The molecule has 0 aromatic heterocycles. The van der Waals surface area contributed by atoms with Gasteiger partial charge in [-0.1, -0.05) is 0 Å². The van der Waals surface area contributed by atoms with Crippen LogP contribution in [-0.2, 0) is 47.9 Å². The van der Waals surface area contributed by atoms with Crippen molar-refractivity contribution < 1.29 is 58.2 Å². The van der Waals surface area contributed by atoms with Crippen LogP contribution in [0.2, 0.25) is 0 Å². The Morgan fingerprint density at radius 3 is 1.29 bits per heavy atom. The molecule has 282 valence electrons. The van der Waals surface area contributed by atoms with Gasteiger partial charge in [-0.25, -0.2) is 0 Å². The fraction of sp³-hybridized carbons (Fsp3) is 0.500. The quantitative estimate of drug-likeness (QED) is 0.0686. The Bertz CT molecular complexity index is 1440. The summed E-state index contributed by atoms with van der Waals surface area (Å²) in [5, 5.41) is 38.1. The molecule has 2 aliphatic heterocycles. The van der Waals surface area contributed by atoms with E-state index in [1.807, 2.05) is 0 Å². The van der Waals surface area contributed by atoms with Crippen LogP contribution in [0.5, 0.6) is 0 Å². The molecule has 4 atom stereocenters. The molecule has 2 aliphatic rings. The lowest BCUT2D eigenvalue weighted by Gasteiger charge is -2.20. The molecule has 0 spiro atoms. The van der Waals surface area contributed by atoms with Crippen LogP contribution in [0.1, 0.15) is 64.2 Å². The largest absolute Gasteiger partial charge is 0.481 e. The maximum Gasteiger partial charge on any atom is 0.303 e. The number of carboxylic acids is 2. The summed E-state index contributed by atoms with van der Waals surface area (Å²) < 4.78 is 0. The van der Waals surface area contributed by atoms with E-state index in [2.05, 4.69) is 42.5 Å². The van der Waals surface area contributed by atoms with Crippen LogP contribution < -0.4 is 42.5 Å².